The number of carbonyl (C=O) groups is 4. The van der Waals surface area contributed by atoms with Crippen LogP contribution in [0.5, 0.6) is 0 Å². The molecule has 48 heavy (non-hydrogen) atoms. The molecule has 0 radical (unpaired) electrons. The first-order valence-electron chi connectivity index (χ1n) is 15.5. The van der Waals surface area contributed by atoms with Gasteiger partial charge in [-0.3, -0.25) is 14.5 Å². The molecule has 2 atom stereocenters. The van der Waals surface area contributed by atoms with Crippen LogP contribution >= 0.6 is 23.5 Å². The molecule has 0 aromatic heterocycles. The third-order valence-corrected chi connectivity index (χ3v) is 9.62. The summed E-state index contributed by atoms with van der Waals surface area (Å²) < 4.78 is 11.4. The number of fused-ring (bicyclic) bond motifs is 1. The lowest BCUT2D eigenvalue weighted by Gasteiger charge is -2.49. The normalized spacial score (nSPS) is 17.7. The Kier molecular flexibility index (Phi) is 11.3. The van der Waals surface area contributed by atoms with Crippen LogP contribution in [0.4, 0.5) is 0 Å². The van der Waals surface area contributed by atoms with Crippen molar-refractivity contribution >= 4 is 53.0 Å². The minimum Gasteiger partial charge on any atom is -0.457 e. The Labute approximate surface area is 288 Å². The smallest absolute Gasteiger partial charge is 0.356 e. The molecule has 5 rings (SSSR count). The quantitative estimate of drug-likeness (QED) is 0.115. The van der Waals surface area contributed by atoms with Crippen molar-refractivity contribution in [1.82, 2.24) is 10.2 Å². The van der Waals surface area contributed by atoms with E-state index in [1.165, 1.54) is 28.4 Å². The fourth-order valence-electron chi connectivity index (χ4n) is 5.16. The van der Waals surface area contributed by atoms with Gasteiger partial charge in [0.1, 0.15) is 22.7 Å². The molecule has 1 unspecified atom stereocenters. The number of hydrogen-bond donors (Lipinski definition) is 1. The Bertz CT molecular complexity index is 1650. The molecule has 250 valence electrons. The van der Waals surface area contributed by atoms with Crippen LogP contribution in [0, 0.1) is 0 Å². The maximum absolute atomic E-state index is 14.0. The molecular formula is C36H37N3O7S2. The van der Waals surface area contributed by atoms with E-state index in [1.807, 2.05) is 67.6 Å². The number of carbonyl (C=O) groups excluding carboxylic acids is 4. The molecule has 1 N–H and O–H groups in total. The maximum atomic E-state index is 14.0. The summed E-state index contributed by atoms with van der Waals surface area (Å²) in [6, 6.07) is 26.5. The van der Waals surface area contributed by atoms with Crippen LogP contribution in [-0.2, 0) is 33.5 Å². The van der Waals surface area contributed by atoms with Crippen LogP contribution in [0.2, 0.25) is 0 Å². The number of esters is 2. The molecule has 0 bridgehead atoms. The van der Waals surface area contributed by atoms with Crippen molar-refractivity contribution in [1.29, 1.82) is 0 Å². The van der Waals surface area contributed by atoms with E-state index in [-0.39, 0.29) is 11.4 Å². The average Bonchev–Trinajstić information content (AvgIpc) is 3.08. The molecule has 0 saturated carbocycles. The minimum absolute atomic E-state index is 0.114. The van der Waals surface area contributed by atoms with Gasteiger partial charge in [0.2, 0.25) is 6.61 Å². The van der Waals surface area contributed by atoms with E-state index < -0.39 is 53.5 Å². The van der Waals surface area contributed by atoms with Crippen LogP contribution in [0.15, 0.2) is 107 Å². The highest BCUT2D eigenvalue weighted by atomic mass is 32.2. The number of amides is 2. The fraction of sp³-hybridized carbons (Fsp3) is 0.306. The van der Waals surface area contributed by atoms with Crippen molar-refractivity contribution in [2.45, 2.75) is 50.8 Å². The summed E-state index contributed by atoms with van der Waals surface area (Å²) in [4.78, 5) is 60.9. The molecule has 3 aromatic rings. The first-order chi connectivity index (χ1) is 23.1. The van der Waals surface area contributed by atoms with Crippen LogP contribution in [0.1, 0.15) is 50.5 Å². The molecule has 12 heteroatoms. The second-order valence-electron chi connectivity index (χ2n) is 11.8. The maximum Gasteiger partial charge on any atom is 0.356 e. The molecule has 1 fully saturated rings. The number of hydrogen-bond acceptors (Lipinski definition) is 10. The molecule has 0 aliphatic carbocycles. The molecule has 2 aliphatic rings. The van der Waals surface area contributed by atoms with Gasteiger partial charge in [-0.25, -0.2) is 9.59 Å². The zero-order valence-corrected chi connectivity index (χ0v) is 28.7. The van der Waals surface area contributed by atoms with E-state index in [9.17, 15) is 19.2 Å². The van der Waals surface area contributed by atoms with Crippen molar-refractivity contribution in [2.24, 2.45) is 5.16 Å². The second kappa shape index (κ2) is 15.6. The number of β-lactam (4-membered cyclic amide) rings is 1. The van der Waals surface area contributed by atoms with Gasteiger partial charge in [-0.15, -0.1) is 23.5 Å². The van der Waals surface area contributed by atoms with Gasteiger partial charge >= 0.3 is 11.9 Å². The van der Waals surface area contributed by atoms with Gasteiger partial charge in [-0.1, -0.05) is 103 Å². The number of ether oxygens (including phenoxy) is 2. The van der Waals surface area contributed by atoms with Crippen LogP contribution < -0.4 is 5.32 Å². The van der Waals surface area contributed by atoms with Crippen LogP contribution in [-0.4, -0.2) is 69.5 Å². The lowest BCUT2D eigenvalue weighted by Crippen LogP contribution is -2.71. The Morgan fingerprint density at radius 1 is 0.958 bits per heavy atom. The van der Waals surface area contributed by atoms with Crippen molar-refractivity contribution in [3.63, 3.8) is 0 Å². The number of oxime groups is 1. The van der Waals surface area contributed by atoms with E-state index >= 15 is 0 Å². The number of nitrogens with zero attached hydrogens (tertiary/aromatic N) is 2. The molecule has 10 nitrogen and oxygen atoms in total. The SMILES string of the molecule is CCSC1=C(C(=O)OC(c2ccccc2)c2ccccc2)N2C(=O)C(NC(=O)/C(=N/OCC(=O)OC(C)(C)C)c3ccccc3)[C@H]2SC1. The predicted octanol–water partition coefficient (Wildman–Crippen LogP) is 5.45. The molecule has 1 saturated heterocycles. The van der Waals surface area contributed by atoms with Gasteiger partial charge in [0.15, 0.2) is 11.8 Å². The zero-order valence-electron chi connectivity index (χ0n) is 27.1. The highest BCUT2D eigenvalue weighted by molar-refractivity contribution is 8.06. The van der Waals surface area contributed by atoms with E-state index in [0.717, 1.165) is 16.0 Å². The predicted molar refractivity (Wildman–Crippen MR) is 186 cm³/mol. The second-order valence-corrected chi connectivity index (χ2v) is 14.3. The molecule has 2 heterocycles. The molecule has 3 aromatic carbocycles. The van der Waals surface area contributed by atoms with Crippen molar-refractivity contribution in [3.8, 4) is 0 Å². The Morgan fingerprint density at radius 3 is 2.10 bits per heavy atom. The zero-order chi connectivity index (χ0) is 34.3. The van der Waals surface area contributed by atoms with Crippen molar-refractivity contribution in [2.75, 3.05) is 18.1 Å². The summed E-state index contributed by atoms with van der Waals surface area (Å²) in [5.74, 6) is -1.21. The lowest BCUT2D eigenvalue weighted by molar-refractivity contribution is -0.160. The number of thioether (sulfide) groups is 2. The fourth-order valence-corrected chi connectivity index (χ4v) is 7.56. The standard InChI is InChI=1S/C36H37N3O7S2/c1-5-47-26-22-48-34-29(37-32(41)28(23-15-9-6-10-16-23)38-44-21-27(40)46-36(2,3)4)33(42)39(34)30(26)35(43)45-31(24-17-11-7-12-18-24)25-19-13-8-14-20-25/h6-20,29,31,34H,5,21-22H2,1-4H3,(H,37,41)/b38-28+/t29?,34-/m1/s1. The van der Waals surface area contributed by atoms with Gasteiger partial charge in [0.05, 0.1) is 0 Å². The lowest BCUT2D eigenvalue weighted by atomic mass is 10.0. The Hall–Kier alpha value is -4.55. The van der Waals surface area contributed by atoms with Crippen LogP contribution in [0.3, 0.4) is 0 Å². The van der Waals surface area contributed by atoms with Gasteiger partial charge in [-0.2, -0.15) is 0 Å². The van der Waals surface area contributed by atoms with E-state index in [2.05, 4.69) is 10.5 Å². The number of rotatable bonds is 12. The summed E-state index contributed by atoms with van der Waals surface area (Å²) in [6.45, 7) is 6.66. The monoisotopic (exact) mass is 687 g/mol. The number of nitrogens with one attached hydrogen (secondary N) is 1. The third kappa shape index (κ3) is 8.29. The average molecular weight is 688 g/mol. The highest BCUT2D eigenvalue weighted by Crippen LogP contribution is 2.44. The van der Waals surface area contributed by atoms with Gasteiger partial charge in [-0.05, 0) is 37.7 Å². The summed E-state index contributed by atoms with van der Waals surface area (Å²) in [7, 11) is 0. The summed E-state index contributed by atoms with van der Waals surface area (Å²) in [6.07, 6.45) is -0.689. The summed E-state index contributed by atoms with van der Waals surface area (Å²) in [5, 5.41) is 6.19. The molecular weight excluding hydrogens is 651 g/mol. The van der Waals surface area contributed by atoms with E-state index in [1.54, 1.807) is 51.1 Å². The molecule has 2 amide bonds. The van der Waals surface area contributed by atoms with Crippen LogP contribution in [0.25, 0.3) is 0 Å². The Balaban J connectivity index is 1.35. The van der Waals surface area contributed by atoms with Gasteiger partial charge in [0, 0.05) is 16.2 Å². The first-order valence-corrected chi connectivity index (χ1v) is 17.5. The first kappa shape index (κ1) is 34.8. The van der Waals surface area contributed by atoms with Gasteiger partial charge < -0.3 is 19.6 Å². The summed E-state index contributed by atoms with van der Waals surface area (Å²) >= 11 is 2.94. The van der Waals surface area contributed by atoms with Crippen molar-refractivity contribution < 1.29 is 33.5 Å². The Morgan fingerprint density at radius 2 is 1.54 bits per heavy atom. The minimum atomic E-state index is -0.933. The highest BCUT2D eigenvalue weighted by Gasteiger charge is 2.55. The van der Waals surface area contributed by atoms with E-state index in [4.69, 9.17) is 14.3 Å². The van der Waals surface area contributed by atoms with Crippen molar-refractivity contribution in [3.05, 3.63) is 118 Å². The van der Waals surface area contributed by atoms with Gasteiger partial charge in [0.25, 0.3) is 11.8 Å². The largest absolute Gasteiger partial charge is 0.457 e. The number of benzene rings is 3. The molecule has 0 spiro atoms. The summed E-state index contributed by atoms with van der Waals surface area (Å²) in [5.41, 5.74) is 1.39. The van der Waals surface area contributed by atoms with E-state index in [0.29, 0.717) is 17.1 Å². The molecule has 2 aliphatic heterocycles. The topological polar surface area (TPSA) is 124 Å². The third-order valence-electron chi connectivity index (χ3n) is 7.18.